The molecule has 3 aromatic rings. The lowest BCUT2D eigenvalue weighted by molar-refractivity contribution is 0.00955. The minimum Gasteiger partial charge on any atom is -0.450 e. The minimum atomic E-state index is -0.868. The number of aromatic nitrogens is 1. The van der Waals surface area contributed by atoms with Gasteiger partial charge in [0.15, 0.2) is 0 Å². The van der Waals surface area contributed by atoms with E-state index in [-0.39, 0.29) is 6.61 Å². The average molecular weight is 402 g/mol. The van der Waals surface area contributed by atoms with E-state index < -0.39 is 12.3 Å². The number of hydrogen-bond acceptors (Lipinski definition) is 3. The molecule has 154 valence electrons. The number of aliphatic hydroxyl groups is 1. The first-order valence-electron chi connectivity index (χ1n) is 10.1. The van der Waals surface area contributed by atoms with Crippen LogP contribution in [0.2, 0.25) is 0 Å². The number of unbranched alkanes of at least 4 members (excludes halogenated alkanes) is 1. The Morgan fingerprint density at radius 1 is 1.07 bits per heavy atom. The lowest BCUT2D eigenvalue weighted by Crippen LogP contribution is -2.37. The molecule has 0 saturated heterocycles. The molecule has 1 aromatic heterocycles. The first-order valence-corrected chi connectivity index (χ1v) is 10.1. The maximum absolute atomic E-state index is 11.5. The van der Waals surface area contributed by atoms with Crippen molar-refractivity contribution in [2.75, 3.05) is 13.7 Å². The number of ether oxygens (including phenoxy) is 1. The van der Waals surface area contributed by atoms with Crippen molar-refractivity contribution in [1.29, 1.82) is 0 Å². The molecule has 3 rings (SSSR count). The largest absolute Gasteiger partial charge is 0.450 e. The maximum atomic E-state index is 11.5. The molecule has 0 aliphatic rings. The minimum absolute atomic E-state index is 0.286. The Bertz CT molecular complexity index is 1090. The zero-order valence-electron chi connectivity index (χ0n) is 17.4. The third kappa shape index (κ3) is 4.95. The van der Waals surface area contributed by atoms with Gasteiger partial charge in [-0.2, -0.15) is 0 Å². The van der Waals surface area contributed by atoms with E-state index in [1.54, 1.807) is 6.92 Å². The molecule has 1 heterocycles. The van der Waals surface area contributed by atoms with Crippen LogP contribution in [0.1, 0.15) is 26.2 Å². The van der Waals surface area contributed by atoms with Crippen LogP contribution in [0.25, 0.3) is 21.8 Å². The fourth-order valence-corrected chi connectivity index (χ4v) is 3.36. The summed E-state index contributed by atoms with van der Waals surface area (Å²) in [4.78, 5) is 12.7. The van der Waals surface area contributed by atoms with Gasteiger partial charge in [0, 0.05) is 35.3 Å². The van der Waals surface area contributed by atoms with Crippen molar-refractivity contribution in [3.05, 3.63) is 48.5 Å². The van der Waals surface area contributed by atoms with Crippen LogP contribution in [0.15, 0.2) is 48.5 Å². The lowest BCUT2D eigenvalue weighted by atomic mass is 10.2. The van der Waals surface area contributed by atoms with Crippen LogP contribution in [0, 0.1) is 23.7 Å². The highest BCUT2D eigenvalue weighted by molar-refractivity contribution is 6.08. The number of aliphatic hydroxyl groups excluding tert-OH is 1. The molecule has 1 N–H and O–H groups in total. The molecule has 1 unspecified atom stereocenters. The van der Waals surface area contributed by atoms with Crippen molar-refractivity contribution >= 4 is 27.9 Å². The molecule has 0 fully saturated rings. The molecule has 5 nitrogen and oxygen atoms in total. The number of nitrogens with zero attached hydrogens (tertiary/aromatic N) is 2. The van der Waals surface area contributed by atoms with Crippen molar-refractivity contribution in [2.45, 2.75) is 39.0 Å². The fraction of sp³-hybridized carbons (Fsp3) is 0.320. The van der Waals surface area contributed by atoms with Gasteiger partial charge in [-0.3, -0.25) is 4.90 Å². The monoisotopic (exact) mass is 402 g/mol. The standard InChI is InChI=1S/C25H26N2O3/c1-3-30-25(29)26(2)24(28)18-8-6-4-5-7-13-19-27-22-16-11-9-14-20(22)21-15-10-12-17-23(21)27/h9-12,14-17,24,28H,3,6,8,18-19H2,1-2H3. The second-order valence-electron chi connectivity index (χ2n) is 6.91. The number of para-hydroxylation sites is 2. The summed E-state index contributed by atoms with van der Waals surface area (Å²) < 4.78 is 7.07. The number of rotatable bonds is 6. The van der Waals surface area contributed by atoms with Gasteiger partial charge in [0.25, 0.3) is 0 Å². The second-order valence-corrected chi connectivity index (χ2v) is 6.91. The number of fused-ring (bicyclic) bond motifs is 3. The average Bonchev–Trinajstić information content (AvgIpc) is 3.09. The summed E-state index contributed by atoms with van der Waals surface area (Å²) in [7, 11) is 1.52. The van der Waals surface area contributed by atoms with Gasteiger partial charge in [-0.15, -0.1) is 0 Å². The molecule has 5 heteroatoms. The molecular formula is C25H26N2O3. The Morgan fingerprint density at radius 2 is 1.67 bits per heavy atom. The summed E-state index contributed by atoms with van der Waals surface area (Å²) in [6.45, 7) is 2.59. The normalized spacial score (nSPS) is 11.3. The Balaban J connectivity index is 1.54. The smallest absolute Gasteiger partial charge is 0.411 e. The molecule has 0 radical (unpaired) electrons. The molecule has 1 amide bonds. The predicted octanol–water partition coefficient (Wildman–Crippen LogP) is 4.38. The van der Waals surface area contributed by atoms with Gasteiger partial charge in [0.2, 0.25) is 0 Å². The second kappa shape index (κ2) is 10.4. The van der Waals surface area contributed by atoms with Crippen molar-refractivity contribution in [1.82, 2.24) is 9.47 Å². The van der Waals surface area contributed by atoms with E-state index in [0.717, 1.165) is 0 Å². The van der Waals surface area contributed by atoms with Gasteiger partial charge < -0.3 is 14.4 Å². The van der Waals surface area contributed by atoms with Crippen LogP contribution >= 0.6 is 0 Å². The van der Waals surface area contributed by atoms with Crippen LogP contribution in [-0.4, -0.2) is 40.5 Å². The molecular weight excluding hydrogens is 376 g/mol. The molecule has 0 aliphatic heterocycles. The van der Waals surface area contributed by atoms with Gasteiger partial charge >= 0.3 is 6.09 Å². The van der Waals surface area contributed by atoms with Crippen molar-refractivity contribution in [2.24, 2.45) is 0 Å². The van der Waals surface area contributed by atoms with E-state index in [4.69, 9.17) is 4.74 Å². The summed E-state index contributed by atoms with van der Waals surface area (Å²) in [5.74, 6) is 11.9. The summed E-state index contributed by atoms with van der Waals surface area (Å²) in [5, 5.41) is 12.4. The number of benzene rings is 2. The van der Waals surface area contributed by atoms with Crippen LogP contribution in [0.5, 0.6) is 0 Å². The summed E-state index contributed by atoms with van der Waals surface area (Å²) in [5.41, 5.74) is 2.33. The highest BCUT2D eigenvalue weighted by Gasteiger charge is 2.17. The lowest BCUT2D eigenvalue weighted by Gasteiger charge is -2.22. The van der Waals surface area contributed by atoms with Gasteiger partial charge in [-0.1, -0.05) is 48.2 Å². The summed E-state index contributed by atoms with van der Waals surface area (Å²) in [6, 6.07) is 16.7. The Morgan fingerprint density at radius 3 is 2.30 bits per heavy atom. The summed E-state index contributed by atoms with van der Waals surface area (Å²) in [6.07, 6.45) is 0.336. The first kappa shape index (κ1) is 21.3. The molecule has 2 aromatic carbocycles. The van der Waals surface area contributed by atoms with E-state index in [2.05, 4.69) is 64.6 Å². The van der Waals surface area contributed by atoms with Gasteiger partial charge in [0.05, 0.1) is 13.2 Å². The van der Waals surface area contributed by atoms with Crippen molar-refractivity contribution in [3.8, 4) is 23.7 Å². The highest BCUT2D eigenvalue weighted by Crippen LogP contribution is 2.28. The SMILES string of the molecule is CCOC(=O)N(C)C(O)CCCC#CC#CCn1c2ccccc2c2ccccc21. The summed E-state index contributed by atoms with van der Waals surface area (Å²) >= 11 is 0. The molecule has 1 atom stereocenters. The van der Waals surface area contributed by atoms with Crippen LogP contribution < -0.4 is 0 Å². The molecule has 0 bridgehead atoms. The Hall–Kier alpha value is -3.41. The third-order valence-electron chi connectivity index (χ3n) is 4.92. The van der Waals surface area contributed by atoms with Gasteiger partial charge in [0.1, 0.15) is 6.23 Å². The van der Waals surface area contributed by atoms with Crippen molar-refractivity contribution < 1.29 is 14.6 Å². The molecule has 0 spiro atoms. The Kier molecular flexibility index (Phi) is 7.38. The topological polar surface area (TPSA) is 54.7 Å². The number of carbonyl (C=O) groups is 1. The fourth-order valence-electron chi connectivity index (χ4n) is 3.36. The van der Waals surface area contributed by atoms with Crippen molar-refractivity contribution in [3.63, 3.8) is 0 Å². The molecule has 0 saturated carbocycles. The van der Waals surface area contributed by atoms with Crippen LogP contribution in [0.3, 0.4) is 0 Å². The predicted molar refractivity (Wildman–Crippen MR) is 120 cm³/mol. The zero-order chi connectivity index (χ0) is 21.3. The van der Waals surface area contributed by atoms with Gasteiger partial charge in [-0.25, -0.2) is 4.79 Å². The third-order valence-corrected chi connectivity index (χ3v) is 4.92. The van der Waals surface area contributed by atoms with E-state index >= 15 is 0 Å². The maximum Gasteiger partial charge on any atom is 0.411 e. The van der Waals surface area contributed by atoms with E-state index in [0.29, 0.717) is 25.8 Å². The van der Waals surface area contributed by atoms with E-state index in [1.165, 1.54) is 33.8 Å². The molecule has 0 aliphatic carbocycles. The first-order chi connectivity index (χ1) is 14.6. The van der Waals surface area contributed by atoms with E-state index in [1.807, 2.05) is 12.1 Å². The highest BCUT2D eigenvalue weighted by atomic mass is 16.6. The number of carbonyl (C=O) groups excluding carboxylic acids is 1. The van der Waals surface area contributed by atoms with E-state index in [9.17, 15) is 9.90 Å². The van der Waals surface area contributed by atoms with Crippen LogP contribution in [-0.2, 0) is 11.3 Å². The van der Waals surface area contributed by atoms with Gasteiger partial charge in [-0.05, 0) is 43.7 Å². The zero-order valence-corrected chi connectivity index (χ0v) is 17.4. The van der Waals surface area contributed by atoms with Crippen LogP contribution in [0.4, 0.5) is 4.79 Å². The number of amides is 1. The molecule has 30 heavy (non-hydrogen) atoms. The Labute approximate surface area is 177 Å². The quantitative estimate of drug-likeness (QED) is 0.378. The number of hydrogen-bond donors (Lipinski definition) is 1.